The molecule has 0 amide bonds. The number of halogens is 1. The molecule has 0 bridgehead atoms. The molecule has 0 radical (unpaired) electrons. The summed E-state index contributed by atoms with van der Waals surface area (Å²) in [5.41, 5.74) is 0.938. The number of aromatic nitrogens is 1. The van der Waals surface area contributed by atoms with E-state index in [-0.39, 0.29) is 34.3 Å². The van der Waals surface area contributed by atoms with Crippen molar-refractivity contribution in [1.82, 2.24) is 4.57 Å². The molecule has 0 N–H and O–H groups in total. The Labute approximate surface area is 152 Å². The first kappa shape index (κ1) is 16.6. The van der Waals surface area contributed by atoms with Crippen LogP contribution in [0, 0.1) is 6.92 Å². The van der Waals surface area contributed by atoms with E-state index in [2.05, 4.69) is 0 Å². The average molecular weight is 372 g/mol. The van der Waals surface area contributed by atoms with Crippen LogP contribution in [0.5, 0.6) is 5.75 Å². The topological polar surface area (TPSA) is 78.5 Å². The molecule has 3 aromatic rings. The molecule has 6 nitrogen and oxygen atoms in total. The van der Waals surface area contributed by atoms with Crippen molar-refractivity contribution in [3.05, 3.63) is 72.9 Å². The van der Waals surface area contributed by atoms with E-state index in [4.69, 9.17) is 20.8 Å². The maximum Gasteiger partial charge on any atom is 0.312 e. The van der Waals surface area contributed by atoms with Gasteiger partial charge in [-0.05, 0) is 25.1 Å². The highest BCUT2D eigenvalue weighted by molar-refractivity contribution is 6.31. The number of aryl methyl sites for hydroxylation is 1. The standard InChI is InChI=1S/C19H14ClNO5/c1-9-5-15-17(19(24)21(9)2)11(7-16(22)26-15)13-8-25-14-4-3-10(20)6-12(14)18(13)23/h3-6,8,11H,7H2,1-2H3/t11-/m0/s1. The molecule has 0 spiro atoms. The summed E-state index contributed by atoms with van der Waals surface area (Å²) in [6, 6.07) is 6.37. The van der Waals surface area contributed by atoms with Gasteiger partial charge in [0.2, 0.25) is 0 Å². The summed E-state index contributed by atoms with van der Waals surface area (Å²) in [6.45, 7) is 1.74. The molecule has 0 aliphatic carbocycles. The van der Waals surface area contributed by atoms with E-state index < -0.39 is 11.9 Å². The minimum absolute atomic E-state index is 0.109. The Hall–Kier alpha value is -2.86. The van der Waals surface area contributed by atoms with Gasteiger partial charge >= 0.3 is 5.97 Å². The van der Waals surface area contributed by atoms with Crippen molar-refractivity contribution < 1.29 is 13.9 Å². The highest BCUT2D eigenvalue weighted by Crippen LogP contribution is 2.36. The Bertz CT molecular complexity index is 1190. The zero-order valence-electron chi connectivity index (χ0n) is 14.0. The quantitative estimate of drug-likeness (QED) is 0.614. The lowest BCUT2D eigenvalue weighted by molar-refractivity contribution is -0.135. The summed E-state index contributed by atoms with van der Waals surface area (Å²) in [7, 11) is 1.63. The number of nitrogens with zero attached hydrogens (tertiary/aromatic N) is 1. The van der Waals surface area contributed by atoms with Crippen LogP contribution in [0.15, 0.2) is 44.5 Å². The van der Waals surface area contributed by atoms with E-state index in [1.54, 1.807) is 32.2 Å². The van der Waals surface area contributed by atoms with Crippen molar-refractivity contribution in [3.8, 4) is 5.75 Å². The summed E-state index contributed by atoms with van der Waals surface area (Å²) in [5.74, 6) is -1.04. The van der Waals surface area contributed by atoms with E-state index in [0.717, 1.165) is 0 Å². The second-order valence-corrected chi connectivity index (χ2v) is 6.76. The van der Waals surface area contributed by atoms with Gasteiger partial charge in [-0.25, -0.2) is 0 Å². The third kappa shape index (κ3) is 2.45. The molecule has 26 heavy (non-hydrogen) atoms. The van der Waals surface area contributed by atoms with Crippen LogP contribution in [0.3, 0.4) is 0 Å². The SMILES string of the molecule is Cc1cc2c(c(=O)n1C)[C@H](c1coc3ccc(Cl)cc3c1=O)CC(=O)O2. The van der Waals surface area contributed by atoms with Gasteiger partial charge in [-0.2, -0.15) is 0 Å². The molecule has 1 aliphatic rings. The molecule has 1 atom stereocenters. The molecule has 2 aromatic heterocycles. The number of esters is 1. The number of carbonyl (C=O) groups is 1. The molecular formula is C19H14ClNO5. The van der Waals surface area contributed by atoms with Gasteiger partial charge in [0.15, 0.2) is 5.43 Å². The minimum atomic E-state index is -0.731. The molecule has 0 fully saturated rings. The average Bonchev–Trinajstić information content (AvgIpc) is 2.60. The second-order valence-electron chi connectivity index (χ2n) is 6.32. The van der Waals surface area contributed by atoms with Crippen molar-refractivity contribution in [2.24, 2.45) is 7.05 Å². The smallest absolute Gasteiger partial charge is 0.312 e. The van der Waals surface area contributed by atoms with E-state index >= 15 is 0 Å². The molecular weight excluding hydrogens is 358 g/mol. The van der Waals surface area contributed by atoms with E-state index in [1.807, 2.05) is 0 Å². The third-order valence-electron chi connectivity index (χ3n) is 4.75. The fraction of sp³-hybridized carbons (Fsp3) is 0.211. The van der Waals surface area contributed by atoms with Gasteiger partial charge in [-0.15, -0.1) is 0 Å². The van der Waals surface area contributed by atoms with Crippen LogP contribution >= 0.6 is 11.6 Å². The summed E-state index contributed by atoms with van der Waals surface area (Å²) in [6.07, 6.45) is 1.20. The maximum atomic E-state index is 13.0. The first-order valence-corrected chi connectivity index (χ1v) is 8.37. The number of carbonyl (C=O) groups excluding carboxylic acids is 1. The molecule has 3 heterocycles. The van der Waals surface area contributed by atoms with Crippen molar-refractivity contribution >= 4 is 28.5 Å². The van der Waals surface area contributed by atoms with Crippen LogP contribution in [-0.2, 0) is 11.8 Å². The van der Waals surface area contributed by atoms with Gasteiger partial charge in [0.25, 0.3) is 5.56 Å². The lowest BCUT2D eigenvalue weighted by Crippen LogP contribution is -2.33. The van der Waals surface area contributed by atoms with Gasteiger partial charge in [-0.3, -0.25) is 14.4 Å². The number of benzene rings is 1. The number of hydrogen-bond donors (Lipinski definition) is 0. The number of pyridine rings is 1. The third-order valence-corrected chi connectivity index (χ3v) is 4.98. The van der Waals surface area contributed by atoms with Crippen molar-refractivity contribution in [1.29, 1.82) is 0 Å². The van der Waals surface area contributed by atoms with Crippen LogP contribution < -0.4 is 15.7 Å². The molecule has 132 valence electrons. The van der Waals surface area contributed by atoms with E-state index in [1.165, 1.54) is 16.9 Å². The van der Waals surface area contributed by atoms with Gasteiger partial charge in [0.1, 0.15) is 11.3 Å². The monoisotopic (exact) mass is 371 g/mol. The van der Waals surface area contributed by atoms with Crippen LogP contribution in [-0.4, -0.2) is 10.5 Å². The number of fused-ring (bicyclic) bond motifs is 2. The molecule has 1 aromatic carbocycles. The highest BCUT2D eigenvalue weighted by atomic mass is 35.5. The van der Waals surface area contributed by atoms with Crippen molar-refractivity contribution in [2.75, 3.05) is 0 Å². The van der Waals surface area contributed by atoms with Crippen LogP contribution in [0.4, 0.5) is 0 Å². The predicted octanol–water partition coefficient (Wildman–Crippen LogP) is 2.89. The van der Waals surface area contributed by atoms with Crippen molar-refractivity contribution in [2.45, 2.75) is 19.3 Å². The van der Waals surface area contributed by atoms with Crippen LogP contribution in [0.2, 0.25) is 5.02 Å². The van der Waals surface area contributed by atoms with Gasteiger partial charge in [0, 0.05) is 35.3 Å². The van der Waals surface area contributed by atoms with Crippen LogP contribution in [0.25, 0.3) is 11.0 Å². The summed E-state index contributed by atoms with van der Waals surface area (Å²) in [5, 5.41) is 0.705. The van der Waals surface area contributed by atoms with E-state index in [0.29, 0.717) is 21.7 Å². The summed E-state index contributed by atoms with van der Waals surface area (Å²) in [4.78, 5) is 37.8. The van der Waals surface area contributed by atoms with Crippen LogP contribution in [0.1, 0.15) is 29.2 Å². The minimum Gasteiger partial charge on any atom is -0.464 e. The van der Waals surface area contributed by atoms with Gasteiger partial charge in [-0.1, -0.05) is 11.6 Å². The second kappa shape index (κ2) is 5.85. The Morgan fingerprint density at radius 2 is 1.96 bits per heavy atom. The van der Waals surface area contributed by atoms with Gasteiger partial charge < -0.3 is 13.7 Å². The first-order valence-electron chi connectivity index (χ1n) is 7.99. The number of hydrogen-bond acceptors (Lipinski definition) is 5. The lowest BCUT2D eigenvalue weighted by Gasteiger charge is -2.24. The zero-order chi connectivity index (χ0) is 18.6. The highest BCUT2D eigenvalue weighted by Gasteiger charge is 2.34. The predicted molar refractivity (Wildman–Crippen MR) is 96.0 cm³/mol. The molecule has 1 aliphatic heterocycles. The Kier molecular flexibility index (Phi) is 3.73. The lowest BCUT2D eigenvalue weighted by atomic mass is 9.87. The van der Waals surface area contributed by atoms with Gasteiger partial charge in [0.05, 0.1) is 23.6 Å². The maximum absolute atomic E-state index is 13.0. The molecule has 0 saturated heterocycles. The number of ether oxygens (including phenoxy) is 1. The summed E-state index contributed by atoms with van der Waals surface area (Å²) >= 11 is 5.99. The zero-order valence-corrected chi connectivity index (χ0v) is 14.8. The molecule has 4 rings (SSSR count). The first-order chi connectivity index (χ1) is 12.4. The Morgan fingerprint density at radius 3 is 2.73 bits per heavy atom. The molecule has 0 unspecified atom stereocenters. The Balaban J connectivity index is 2.01. The normalized spacial score (nSPS) is 16.4. The largest absolute Gasteiger partial charge is 0.464 e. The van der Waals surface area contributed by atoms with Crippen molar-refractivity contribution in [3.63, 3.8) is 0 Å². The molecule has 7 heteroatoms. The Morgan fingerprint density at radius 1 is 1.19 bits per heavy atom. The fourth-order valence-corrected chi connectivity index (χ4v) is 3.45. The number of rotatable bonds is 1. The fourth-order valence-electron chi connectivity index (χ4n) is 3.27. The van der Waals surface area contributed by atoms with E-state index in [9.17, 15) is 14.4 Å². The molecule has 0 saturated carbocycles. The summed E-state index contributed by atoms with van der Waals surface area (Å²) < 4.78 is 12.3.